The van der Waals surface area contributed by atoms with E-state index in [1.54, 1.807) is 0 Å². The van der Waals surface area contributed by atoms with Crippen molar-refractivity contribution in [1.82, 2.24) is 4.90 Å². The predicted molar refractivity (Wildman–Crippen MR) is 52.9 cm³/mol. The van der Waals surface area contributed by atoms with Crippen molar-refractivity contribution in [1.29, 1.82) is 5.26 Å². The van der Waals surface area contributed by atoms with E-state index in [-0.39, 0.29) is 25.6 Å². The first-order valence-electron chi connectivity index (χ1n) is 4.78. The number of rotatable bonds is 3. The molecule has 5 nitrogen and oxygen atoms in total. The summed E-state index contributed by atoms with van der Waals surface area (Å²) < 4.78 is 4.85. The molecule has 0 bridgehead atoms. The third-order valence-electron chi connectivity index (χ3n) is 2.28. The lowest BCUT2D eigenvalue weighted by atomic mass is 10.1. The summed E-state index contributed by atoms with van der Waals surface area (Å²) in [5.41, 5.74) is 0. The highest BCUT2D eigenvalue weighted by Gasteiger charge is 2.34. The molecule has 0 spiro atoms. The van der Waals surface area contributed by atoms with Gasteiger partial charge in [0.05, 0.1) is 31.2 Å². The SMILES string of the molecule is C=CCOC(=O)N1C[C@H](O)C[C@H]1CC#N. The molecule has 1 rings (SSSR count). The van der Waals surface area contributed by atoms with Gasteiger partial charge in [0.25, 0.3) is 0 Å². The smallest absolute Gasteiger partial charge is 0.410 e. The first kappa shape index (κ1) is 11.5. The van der Waals surface area contributed by atoms with Crippen LogP contribution >= 0.6 is 0 Å². The van der Waals surface area contributed by atoms with Crippen molar-refractivity contribution in [2.24, 2.45) is 0 Å². The topological polar surface area (TPSA) is 73.6 Å². The predicted octanol–water partition coefficient (Wildman–Crippen LogP) is 0.658. The molecule has 1 aliphatic rings. The molecule has 5 heteroatoms. The number of hydrogen-bond donors (Lipinski definition) is 1. The molecule has 1 N–H and O–H groups in total. The summed E-state index contributed by atoms with van der Waals surface area (Å²) in [5, 5.41) is 18.0. The lowest BCUT2D eigenvalue weighted by molar-refractivity contribution is 0.103. The van der Waals surface area contributed by atoms with Gasteiger partial charge in [-0.15, -0.1) is 0 Å². The largest absolute Gasteiger partial charge is 0.445 e. The third-order valence-corrected chi connectivity index (χ3v) is 2.28. The number of aliphatic hydroxyl groups is 1. The van der Waals surface area contributed by atoms with Gasteiger partial charge < -0.3 is 14.7 Å². The van der Waals surface area contributed by atoms with Crippen LogP contribution in [0.5, 0.6) is 0 Å². The summed E-state index contributed by atoms with van der Waals surface area (Å²) >= 11 is 0. The van der Waals surface area contributed by atoms with Crippen LogP contribution in [0.1, 0.15) is 12.8 Å². The Balaban J connectivity index is 2.54. The number of carbonyl (C=O) groups excluding carboxylic acids is 1. The second-order valence-corrected chi connectivity index (χ2v) is 3.42. The molecule has 0 aromatic heterocycles. The van der Waals surface area contributed by atoms with E-state index in [0.717, 1.165) is 0 Å². The van der Waals surface area contributed by atoms with Crippen molar-refractivity contribution in [3.05, 3.63) is 12.7 Å². The van der Waals surface area contributed by atoms with Gasteiger partial charge in [-0.3, -0.25) is 0 Å². The lowest BCUT2D eigenvalue weighted by Gasteiger charge is -2.21. The van der Waals surface area contributed by atoms with Crippen LogP contribution in [0.3, 0.4) is 0 Å². The maximum atomic E-state index is 11.5. The van der Waals surface area contributed by atoms with Crippen molar-refractivity contribution < 1.29 is 14.6 Å². The standard InChI is InChI=1S/C10H14N2O3/c1-2-5-15-10(14)12-7-9(13)6-8(12)3-4-11/h2,8-9,13H,1,3,5-7H2/t8-,9-/m1/s1. The molecule has 1 heterocycles. The molecule has 1 aliphatic heterocycles. The van der Waals surface area contributed by atoms with E-state index < -0.39 is 12.2 Å². The Labute approximate surface area is 88.6 Å². The molecule has 0 unspecified atom stereocenters. The van der Waals surface area contributed by atoms with Gasteiger partial charge in [-0.2, -0.15) is 5.26 Å². The zero-order valence-corrected chi connectivity index (χ0v) is 8.43. The molecule has 15 heavy (non-hydrogen) atoms. The van der Waals surface area contributed by atoms with Crippen molar-refractivity contribution in [2.45, 2.75) is 25.0 Å². The Hall–Kier alpha value is -1.54. The molecule has 0 aromatic rings. The van der Waals surface area contributed by atoms with Gasteiger partial charge >= 0.3 is 6.09 Å². The second-order valence-electron chi connectivity index (χ2n) is 3.42. The van der Waals surface area contributed by atoms with Gasteiger partial charge in [0, 0.05) is 0 Å². The molecular formula is C10H14N2O3. The van der Waals surface area contributed by atoms with Crippen molar-refractivity contribution in [3.8, 4) is 6.07 Å². The van der Waals surface area contributed by atoms with Crippen LogP contribution < -0.4 is 0 Å². The number of carbonyl (C=O) groups is 1. The van der Waals surface area contributed by atoms with Crippen LogP contribution in [0.25, 0.3) is 0 Å². The fourth-order valence-corrected chi connectivity index (χ4v) is 1.63. The van der Waals surface area contributed by atoms with Gasteiger partial charge in [-0.1, -0.05) is 12.7 Å². The van der Waals surface area contributed by atoms with Crippen LogP contribution in [0.4, 0.5) is 4.79 Å². The van der Waals surface area contributed by atoms with Gasteiger partial charge in [0.1, 0.15) is 6.61 Å². The first-order chi connectivity index (χ1) is 7.19. The normalized spacial score (nSPS) is 24.7. The average molecular weight is 210 g/mol. The number of aliphatic hydroxyl groups excluding tert-OH is 1. The minimum Gasteiger partial charge on any atom is -0.445 e. The van der Waals surface area contributed by atoms with E-state index >= 15 is 0 Å². The number of amides is 1. The summed E-state index contributed by atoms with van der Waals surface area (Å²) in [6.07, 6.45) is 1.09. The van der Waals surface area contributed by atoms with Crippen molar-refractivity contribution in [3.63, 3.8) is 0 Å². The highest BCUT2D eigenvalue weighted by molar-refractivity contribution is 5.68. The third kappa shape index (κ3) is 2.96. The van der Waals surface area contributed by atoms with Gasteiger partial charge in [0.2, 0.25) is 0 Å². The number of nitrogens with zero attached hydrogens (tertiary/aromatic N) is 2. The summed E-state index contributed by atoms with van der Waals surface area (Å²) in [7, 11) is 0. The fourth-order valence-electron chi connectivity index (χ4n) is 1.63. The van der Waals surface area contributed by atoms with Crippen molar-refractivity contribution >= 4 is 6.09 Å². The van der Waals surface area contributed by atoms with E-state index in [2.05, 4.69) is 6.58 Å². The Bertz CT molecular complexity index is 285. The first-order valence-corrected chi connectivity index (χ1v) is 4.78. The molecule has 0 aromatic carbocycles. The van der Waals surface area contributed by atoms with E-state index in [1.807, 2.05) is 6.07 Å². The van der Waals surface area contributed by atoms with Gasteiger partial charge in [-0.05, 0) is 6.42 Å². The summed E-state index contributed by atoms with van der Waals surface area (Å²) in [6.45, 7) is 3.81. The Kier molecular flexibility index (Phi) is 4.13. The second kappa shape index (κ2) is 5.37. The minimum absolute atomic E-state index is 0.144. The molecule has 1 amide bonds. The van der Waals surface area contributed by atoms with Gasteiger partial charge in [0.15, 0.2) is 0 Å². The van der Waals surface area contributed by atoms with Crippen LogP contribution in [-0.2, 0) is 4.74 Å². The molecule has 0 radical (unpaired) electrons. The van der Waals surface area contributed by atoms with E-state index in [1.165, 1.54) is 11.0 Å². The van der Waals surface area contributed by atoms with E-state index in [4.69, 9.17) is 10.00 Å². The van der Waals surface area contributed by atoms with Crippen LogP contribution in [-0.4, -0.2) is 41.4 Å². The van der Waals surface area contributed by atoms with E-state index in [0.29, 0.717) is 6.42 Å². The number of hydrogen-bond acceptors (Lipinski definition) is 4. The molecule has 82 valence electrons. The Morgan fingerprint density at radius 3 is 3.13 bits per heavy atom. The monoisotopic (exact) mass is 210 g/mol. The number of likely N-dealkylation sites (tertiary alicyclic amines) is 1. The summed E-state index contributed by atoms with van der Waals surface area (Å²) in [4.78, 5) is 12.9. The molecular weight excluding hydrogens is 196 g/mol. The summed E-state index contributed by atoms with van der Waals surface area (Å²) in [6, 6.07) is 1.76. The van der Waals surface area contributed by atoms with Crippen molar-refractivity contribution in [2.75, 3.05) is 13.2 Å². The highest BCUT2D eigenvalue weighted by atomic mass is 16.6. The Morgan fingerprint density at radius 2 is 2.53 bits per heavy atom. The van der Waals surface area contributed by atoms with Gasteiger partial charge in [-0.25, -0.2) is 4.79 Å². The highest BCUT2D eigenvalue weighted by Crippen LogP contribution is 2.21. The average Bonchev–Trinajstić information content (AvgIpc) is 2.57. The van der Waals surface area contributed by atoms with E-state index in [9.17, 15) is 9.90 Å². The molecule has 1 saturated heterocycles. The lowest BCUT2D eigenvalue weighted by Crippen LogP contribution is -2.36. The van der Waals surface area contributed by atoms with Crippen LogP contribution in [0.15, 0.2) is 12.7 Å². The number of β-amino-alcohol motifs (C(OH)–C–C–N with tert-alkyl or cyclic N) is 1. The maximum Gasteiger partial charge on any atom is 0.410 e. The molecule has 1 fully saturated rings. The summed E-state index contributed by atoms with van der Waals surface area (Å²) in [5.74, 6) is 0. The quantitative estimate of drug-likeness (QED) is 0.694. The fraction of sp³-hybridized carbons (Fsp3) is 0.600. The minimum atomic E-state index is -0.556. The molecule has 0 aliphatic carbocycles. The number of ether oxygens (including phenoxy) is 1. The Morgan fingerprint density at radius 1 is 1.80 bits per heavy atom. The zero-order chi connectivity index (χ0) is 11.3. The van der Waals surface area contributed by atoms with Crippen LogP contribution in [0.2, 0.25) is 0 Å². The molecule has 0 saturated carbocycles. The molecule has 2 atom stereocenters. The zero-order valence-electron chi connectivity index (χ0n) is 8.43. The number of nitriles is 1. The van der Waals surface area contributed by atoms with Crippen LogP contribution in [0, 0.1) is 11.3 Å². The maximum absolute atomic E-state index is 11.5.